The number of hydrogen-bond acceptors (Lipinski definition) is 5. The summed E-state index contributed by atoms with van der Waals surface area (Å²) in [5, 5.41) is 19.1. The maximum atomic E-state index is 12.7. The Morgan fingerprint density at radius 2 is 1.64 bits per heavy atom. The van der Waals surface area contributed by atoms with Gasteiger partial charge in [-0.25, -0.2) is 4.79 Å². The van der Waals surface area contributed by atoms with Crippen molar-refractivity contribution in [3.63, 3.8) is 0 Å². The lowest BCUT2D eigenvalue weighted by atomic mass is 9.98. The van der Waals surface area contributed by atoms with E-state index in [1.54, 1.807) is 0 Å². The molecule has 146 valence electrons. The molecule has 0 spiro atoms. The van der Waals surface area contributed by atoms with Gasteiger partial charge in [-0.05, 0) is 22.3 Å². The molecule has 1 fully saturated rings. The van der Waals surface area contributed by atoms with Gasteiger partial charge >= 0.3 is 12.1 Å². The van der Waals surface area contributed by atoms with Crippen LogP contribution in [-0.2, 0) is 14.3 Å². The van der Waals surface area contributed by atoms with Crippen molar-refractivity contribution in [1.29, 1.82) is 0 Å². The molecule has 28 heavy (non-hydrogen) atoms. The molecule has 0 radical (unpaired) electrons. The van der Waals surface area contributed by atoms with Crippen LogP contribution in [0.3, 0.4) is 0 Å². The molecule has 1 saturated heterocycles. The van der Waals surface area contributed by atoms with E-state index in [-0.39, 0.29) is 25.7 Å². The lowest BCUT2D eigenvalue weighted by molar-refractivity contribution is -0.138. The topological polar surface area (TPSA) is 96.3 Å². The monoisotopic (exact) mass is 383 g/mol. The first-order chi connectivity index (χ1) is 13.6. The number of benzene rings is 2. The first-order valence-corrected chi connectivity index (χ1v) is 9.15. The SMILES string of the molecule is O=C(O)CN(C(=O)OCC1c2ccccc2-c2ccccc21)[C@@H]1COC[C@H]1O. The van der Waals surface area contributed by atoms with Crippen LogP contribution in [0.5, 0.6) is 0 Å². The number of rotatable bonds is 5. The maximum absolute atomic E-state index is 12.7. The number of aliphatic hydroxyl groups is 1. The highest BCUT2D eigenvalue weighted by Crippen LogP contribution is 2.44. The number of aliphatic carboxylic acids is 1. The molecule has 1 aliphatic carbocycles. The molecular weight excluding hydrogens is 362 g/mol. The fourth-order valence-electron chi connectivity index (χ4n) is 3.97. The van der Waals surface area contributed by atoms with Gasteiger partial charge in [-0.3, -0.25) is 9.69 Å². The number of ether oxygens (including phenoxy) is 2. The molecule has 1 aliphatic heterocycles. The molecule has 2 N–H and O–H groups in total. The number of carbonyl (C=O) groups is 2. The Morgan fingerprint density at radius 3 is 2.18 bits per heavy atom. The zero-order chi connectivity index (χ0) is 19.7. The number of fused-ring (bicyclic) bond motifs is 3. The molecule has 0 bridgehead atoms. The van der Waals surface area contributed by atoms with Crippen molar-refractivity contribution in [3.8, 4) is 11.1 Å². The number of carboxylic acids is 1. The average Bonchev–Trinajstić information content (AvgIpc) is 3.25. The van der Waals surface area contributed by atoms with E-state index in [1.807, 2.05) is 48.5 Å². The second-order valence-electron chi connectivity index (χ2n) is 7.00. The van der Waals surface area contributed by atoms with Gasteiger partial charge in [0.15, 0.2) is 0 Å². The first-order valence-electron chi connectivity index (χ1n) is 9.15. The quantitative estimate of drug-likeness (QED) is 0.821. The van der Waals surface area contributed by atoms with Crippen molar-refractivity contribution >= 4 is 12.1 Å². The van der Waals surface area contributed by atoms with Crippen LogP contribution in [0, 0.1) is 0 Å². The lowest BCUT2D eigenvalue weighted by Crippen LogP contribution is -2.49. The van der Waals surface area contributed by atoms with Crippen LogP contribution >= 0.6 is 0 Å². The fraction of sp³-hybridized carbons (Fsp3) is 0.333. The highest BCUT2D eigenvalue weighted by molar-refractivity contribution is 5.80. The number of nitrogens with zero attached hydrogens (tertiary/aromatic N) is 1. The van der Waals surface area contributed by atoms with Gasteiger partial charge in [-0.15, -0.1) is 0 Å². The van der Waals surface area contributed by atoms with Crippen LogP contribution < -0.4 is 0 Å². The molecular formula is C21H21NO6. The van der Waals surface area contributed by atoms with E-state index in [0.29, 0.717) is 0 Å². The summed E-state index contributed by atoms with van der Waals surface area (Å²) in [6, 6.07) is 15.2. The predicted molar refractivity (Wildman–Crippen MR) is 100 cm³/mol. The minimum absolute atomic E-state index is 0.0669. The third kappa shape index (κ3) is 3.34. The van der Waals surface area contributed by atoms with E-state index >= 15 is 0 Å². The molecule has 0 aromatic heterocycles. The summed E-state index contributed by atoms with van der Waals surface area (Å²) in [5.74, 6) is -1.29. The molecule has 2 aromatic carbocycles. The van der Waals surface area contributed by atoms with Crippen molar-refractivity contribution in [2.75, 3.05) is 26.4 Å². The van der Waals surface area contributed by atoms with Gasteiger partial charge < -0.3 is 19.7 Å². The summed E-state index contributed by atoms with van der Waals surface area (Å²) in [4.78, 5) is 24.9. The molecule has 4 rings (SSSR count). The van der Waals surface area contributed by atoms with Crippen molar-refractivity contribution in [2.45, 2.75) is 18.1 Å². The standard InChI is InChI=1S/C21H21NO6/c23-19-12-27-11-18(19)22(9-20(24)25)21(26)28-10-17-15-7-3-1-5-13(15)14-6-2-4-8-16(14)17/h1-8,17-19,23H,9-12H2,(H,24,25)/t18-,19-/m1/s1. The summed E-state index contributed by atoms with van der Waals surface area (Å²) in [5.41, 5.74) is 4.37. The molecule has 2 aromatic rings. The van der Waals surface area contributed by atoms with Crippen molar-refractivity contribution in [3.05, 3.63) is 59.7 Å². The Balaban J connectivity index is 1.53. The summed E-state index contributed by atoms with van der Waals surface area (Å²) < 4.78 is 10.7. The summed E-state index contributed by atoms with van der Waals surface area (Å²) in [6.07, 6.45) is -1.70. The normalized spacial score (nSPS) is 20.5. The third-order valence-electron chi connectivity index (χ3n) is 5.30. The molecule has 1 heterocycles. The minimum Gasteiger partial charge on any atom is -0.480 e. The van der Waals surface area contributed by atoms with E-state index in [0.717, 1.165) is 27.2 Å². The van der Waals surface area contributed by atoms with Gasteiger partial charge in [0.2, 0.25) is 0 Å². The highest BCUT2D eigenvalue weighted by Gasteiger charge is 2.37. The van der Waals surface area contributed by atoms with Crippen LogP contribution in [-0.4, -0.2) is 65.7 Å². The fourth-order valence-corrected chi connectivity index (χ4v) is 3.97. The number of carboxylic acid groups (broad SMARTS) is 1. The van der Waals surface area contributed by atoms with E-state index in [4.69, 9.17) is 14.6 Å². The molecule has 0 unspecified atom stereocenters. The molecule has 7 nitrogen and oxygen atoms in total. The Labute approximate surface area is 162 Å². The largest absolute Gasteiger partial charge is 0.480 e. The number of carbonyl (C=O) groups excluding carboxylic acids is 1. The van der Waals surface area contributed by atoms with Crippen LogP contribution in [0.1, 0.15) is 17.0 Å². The minimum atomic E-state index is -1.17. The van der Waals surface area contributed by atoms with Gasteiger partial charge in [0, 0.05) is 5.92 Å². The van der Waals surface area contributed by atoms with Crippen molar-refractivity contribution in [2.24, 2.45) is 0 Å². The van der Waals surface area contributed by atoms with Crippen LogP contribution in [0.15, 0.2) is 48.5 Å². The molecule has 7 heteroatoms. The summed E-state index contributed by atoms with van der Waals surface area (Å²) in [7, 11) is 0. The Bertz CT molecular complexity index is 852. The van der Waals surface area contributed by atoms with E-state index in [2.05, 4.69) is 0 Å². The van der Waals surface area contributed by atoms with Crippen LogP contribution in [0.4, 0.5) is 4.79 Å². The van der Waals surface area contributed by atoms with E-state index in [1.165, 1.54) is 0 Å². The van der Waals surface area contributed by atoms with Crippen LogP contribution in [0.2, 0.25) is 0 Å². The van der Waals surface area contributed by atoms with E-state index < -0.39 is 30.8 Å². The predicted octanol–water partition coefficient (Wildman–Crippen LogP) is 2.08. The zero-order valence-electron chi connectivity index (χ0n) is 15.2. The molecule has 1 amide bonds. The zero-order valence-corrected chi connectivity index (χ0v) is 15.2. The Morgan fingerprint density at radius 1 is 1.04 bits per heavy atom. The second kappa shape index (κ2) is 7.61. The van der Waals surface area contributed by atoms with Gasteiger partial charge in [0.05, 0.1) is 19.3 Å². The van der Waals surface area contributed by atoms with Crippen LogP contribution in [0.25, 0.3) is 11.1 Å². The van der Waals surface area contributed by atoms with Gasteiger partial charge in [0.25, 0.3) is 0 Å². The molecule has 2 atom stereocenters. The van der Waals surface area contributed by atoms with Crippen molar-refractivity contribution in [1.82, 2.24) is 4.90 Å². The van der Waals surface area contributed by atoms with Crippen molar-refractivity contribution < 1.29 is 29.3 Å². The lowest BCUT2D eigenvalue weighted by Gasteiger charge is -2.28. The summed E-state index contributed by atoms with van der Waals surface area (Å²) in [6.45, 7) is -0.315. The molecule has 0 saturated carbocycles. The van der Waals surface area contributed by atoms with Gasteiger partial charge in [-0.2, -0.15) is 0 Å². The maximum Gasteiger partial charge on any atom is 0.410 e. The molecule has 2 aliphatic rings. The third-order valence-corrected chi connectivity index (χ3v) is 5.30. The number of hydrogen-bond donors (Lipinski definition) is 2. The number of aliphatic hydroxyl groups excluding tert-OH is 1. The second-order valence-corrected chi connectivity index (χ2v) is 7.00. The Hall–Kier alpha value is -2.90. The first kappa shape index (κ1) is 18.5. The average molecular weight is 383 g/mol. The van der Waals surface area contributed by atoms with E-state index in [9.17, 15) is 14.7 Å². The number of amides is 1. The summed E-state index contributed by atoms with van der Waals surface area (Å²) >= 11 is 0. The van der Waals surface area contributed by atoms with Gasteiger partial charge in [-0.1, -0.05) is 48.5 Å². The Kier molecular flexibility index (Phi) is 5.02. The smallest absolute Gasteiger partial charge is 0.410 e. The van der Waals surface area contributed by atoms with Gasteiger partial charge in [0.1, 0.15) is 19.3 Å². The highest BCUT2D eigenvalue weighted by atomic mass is 16.6.